The van der Waals surface area contributed by atoms with Gasteiger partial charge in [-0.3, -0.25) is 9.78 Å². The largest absolute Gasteiger partial charge is 0.356 e. The van der Waals surface area contributed by atoms with Crippen molar-refractivity contribution in [3.05, 3.63) is 47.6 Å². The number of hydrogen-bond donors (Lipinski definition) is 3. The topological polar surface area (TPSA) is 98.8 Å². The van der Waals surface area contributed by atoms with Crippen molar-refractivity contribution >= 4 is 34.4 Å². The van der Waals surface area contributed by atoms with Gasteiger partial charge < -0.3 is 20.5 Å². The lowest BCUT2D eigenvalue weighted by atomic mass is 9.86. The molecule has 0 spiro atoms. The standard InChI is InChI=1S/C19H22ClN7O/c1-21-19(18(28)24-11-14-3-2-13(20)10-23-14)5-8-27(9-6-19)17-15-4-7-22-16(15)25-12-26-17/h2-4,7,10,12,21H,5-6,8-9,11H2,1H3,(H,24,28)(H,22,25,26). The Hall–Kier alpha value is -2.71. The van der Waals surface area contributed by atoms with Crippen LogP contribution in [0.1, 0.15) is 18.5 Å². The second kappa shape index (κ2) is 7.73. The maximum Gasteiger partial charge on any atom is 0.240 e. The number of carbonyl (C=O) groups excluding carboxylic acids is 1. The summed E-state index contributed by atoms with van der Waals surface area (Å²) in [4.78, 5) is 31.2. The molecular weight excluding hydrogens is 378 g/mol. The van der Waals surface area contributed by atoms with E-state index in [1.165, 1.54) is 0 Å². The zero-order valence-corrected chi connectivity index (χ0v) is 16.3. The quantitative estimate of drug-likeness (QED) is 0.606. The number of amides is 1. The summed E-state index contributed by atoms with van der Waals surface area (Å²) in [6.45, 7) is 1.83. The molecule has 1 saturated heterocycles. The Morgan fingerprint density at radius 1 is 1.25 bits per heavy atom. The predicted molar refractivity (Wildman–Crippen MR) is 108 cm³/mol. The van der Waals surface area contributed by atoms with Crippen molar-refractivity contribution in [2.45, 2.75) is 24.9 Å². The number of anilines is 1. The van der Waals surface area contributed by atoms with Crippen LogP contribution in [0.3, 0.4) is 0 Å². The molecule has 146 valence electrons. The van der Waals surface area contributed by atoms with Crippen LogP contribution < -0.4 is 15.5 Å². The number of rotatable bonds is 5. The molecule has 28 heavy (non-hydrogen) atoms. The molecule has 1 aliphatic heterocycles. The van der Waals surface area contributed by atoms with Crippen LogP contribution in [0.5, 0.6) is 0 Å². The second-order valence-corrected chi connectivity index (χ2v) is 7.34. The molecule has 8 nitrogen and oxygen atoms in total. The summed E-state index contributed by atoms with van der Waals surface area (Å²) in [6, 6.07) is 5.57. The number of carbonyl (C=O) groups is 1. The van der Waals surface area contributed by atoms with Crippen LogP contribution >= 0.6 is 11.6 Å². The molecule has 1 fully saturated rings. The van der Waals surface area contributed by atoms with Gasteiger partial charge in [-0.15, -0.1) is 0 Å². The molecule has 3 aromatic heterocycles. The van der Waals surface area contributed by atoms with Crippen molar-refractivity contribution in [3.63, 3.8) is 0 Å². The van der Waals surface area contributed by atoms with Gasteiger partial charge in [-0.25, -0.2) is 9.97 Å². The third-order valence-electron chi connectivity index (χ3n) is 5.38. The van der Waals surface area contributed by atoms with Gasteiger partial charge in [0.25, 0.3) is 0 Å². The molecule has 3 N–H and O–H groups in total. The highest BCUT2D eigenvalue weighted by Gasteiger charge is 2.40. The van der Waals surface area contributed by atoms with E-state index in [-0.39, 0.29) is 5.91 Å². The van der Waals surface area contributed by atoms with E-state index in [2.05, 4.69) is 35.5 Å². The molecule has 4 heterocycles. The summed E-state index contributed by atoms with van der Waals surface area (Å²) in [5, 5.41) is 7.83. The zero-order chi connectivity index (χ0) is 19.6. The molecule has 3 aromatic rings. The summed E-state index contributed by atoms with van der Waals surface area (Å²) in [5.74, 6) is 0.891. The molecule has 0 radical (unpaired) electrons. The van der Waals surface area contributed by atoms with E-state index in [0.29, 0.717) is 24.4 Å². The third kappa shape index (κ3) is 3.53. The lowest BCUT2D eigenvalue weighted by Gasteiger charge is -2.41. The summed E-state index contributed by atoms with van der Waals surface area (Å²) in [5.41, 5.74) is 0.994. The van der Waals surface area contributed by atoms with Crippen LogP contribution in [0.2, 0.25) is 5.02 Å². The van der Waals surface area contributed by atoms with Gasteiger partial charge >= 0.3 is 0 Å². The third-order valence-corrected chi connectivity index (χ3v) is 5.60. The Kier molecular flexibility index (Phi) is 5.15. The minimum atomic E-state index is -0.604. The first-order valence-electron chi connectivity index (χ1n) is 9.22. The minimum Gasteiger partial charge on any atom is -0.356 e. The fourth-order valence-electron chi connectivity index (χ4n) is 3.65. The van der Waals surface area contributed by atoms with Crippen molar-refractivity contribution in [2.24, 2.45) is 0 Å². The molecule has 1 aliphatic rings. The number of nitrogens with one attached hydrogen (secondary N) is 3. The van der Waals surface area contributed by atoms with Gasteiger partial charge in [0.05, 0.1) is 22.6 Å². The Morgan fingerprint density at radius 2 is 2.07 bits per heavy atom. The molecule has 0 aliphatic carbocycles. The van der Waals surface area contributed by atoms with Gasteiger partial charge in [0.1, 0.15) is 23.3 Å². The number of nitrogens with zero attached hydrogens (tertiary/aromatic N) is 4. The van der Waals surface area contributed by atoms with Gasteiger partial charge in [0.2, 0.25) is 5.91 Å². The fourth-order valence-corrected chi connectivity index (χ4v) is 3.76. The highest BCUT2D eigenvalue weighted by molar-refractivity contribution is 6.30. The SMILES string of the molecule is CNC1(C(=O)NCc2ccc(Cl)cn2)CCN(c2ncnc3[nH]ccc23)CC1. The Bertz CT molecular complexity index is 964. The van der Waals surface area contributed by atoms with E-state index in [9.17, 15) is 4.79 Å². The molecule has 0 unspecified atom stereocenters. The van der Waals surface area contributed by atoms with Crippen LogP contribution in [0.4, 0.5) is 5.82 Å². The second-order valence-electron chi connectivity index (χ2n) is 6.91. The average molecular weight is 400 g/mol. The lowest BCUT2D eigenvalue weighted by molar-refractivity contribution is -0.128. The van der Waals surface area contributed by atoms with Crippen LogP contribution in [-0.4, -0.2) is 51.5 Å². The Morgan fingerprint density at radius 3 is 2.79 bits per heavy atom. The maximum absolute atomic E-state index is 12.9. The van der Waals surface area contributed by atoms with Crippen LogP contribution in [0.15, 0.2) is 36.9 Å². The smallest absolute Gasteiger partial charge is 0.240 e. The number of hydrogen-bond acceptors (Lipinski definition) is 6. The van der Waals surface area contributed by atoms with Crippen LogP contribution in [0, 0.1) is 0 Å². The van der Waals surface area contributed by atoms with Gasteiger partial charge in [-0.2, -0.15) is 0 Å². The fraction of sp³-hybridized carbons (Fsp3) is 0.368. The number of aromatic amines is 1. The predicted octanol–water partition coefficient (Wildman–Crippen LogP) is 1.88. The molecule has 9 heteroatoms. The molecular formula is C19H22ClN7O. The first-order valence-corrected chi connectivity index (χ1v) is 9.60. The Labute approximate surface area is 167 Å². The lowest BCUT2D eigenvalue weighted by Crippen LogP contribution is -2.61. The Balaban J connectivity index is 1.42. The van der Waals surface area contributed by atoms with E-state index < -0.39 is 5.54 Å². The number of pyridine rings is 1. The highest BCUT2D eigenvalue weighted by atomic mass is 35.5. The molecule has 0 bridgehead atoms. The van der Waals surface area contributed by atoms with E-state index in [1.54, 1.807) is 18.6 Å². The van der Waals surface area contributed by atoms with Crippen LogP contribution in [0.25, 0.3) is 11.0 Å². The van der Waals surface area contributed by atoms with Crippen molar-refractivity contribution in [3.8, 4) is 0 Å². The van der Waals surface area contributed by atoms with Crippen LogP contribution in [-0.2, 0) is 11.3 Å². The minimum absolute atomic E-state index is 0.0131. The van der Waals surface area contributed by atoms with Crippen molar-refractivity contribution in [2.75, 3.05) is 25.0 Å². The van der Waals surface area contributed by atoms with Crippen molar-refractivity contribution in [1.82, 2.24) is 30.6 Å². The average Bonchev–Trinajstić information content (AvgIpc) is 3.22. The van der Waals surface area contributed by atoms with Gasteiger partial charge in [0, 0.05) is 25.5 Å². The molecule has 0 aromatic carbocycles. The maximum atomic E-state index is 12.9. The van der Waals surface area contributed by atoms with E-state index in [4.69, 9.17) is 11.6 Å². The van der Waals surface area contributed by atoms with Gasteiger partial charge in [-0.05, 0) is 38.1 Å². The zero-order valence-electron chi connectivity index (χ0n) is 15.6. The molecule has 0 atom stereocenters. The summed E-state index contributed by atoms with van der Waals surface area (Å²) < 4.78 is 0. The highest BCUT2D eigenvalue weighted by Crippen LogP contribution is 2.29. The van der Waals surface area contributed by atoms with E-state index >= 15 is 0 Å². The molecule has 0 saturated carbocycles. The van der Waals surface area contributed by atoms with Crippen molar-refractivity contribution in [1.29, 1.82) is 0 Å². The first-order chi connectivity index (χ1) is 13.6. The first kappa shape index (κ1) is 18.6. The van der Waals surface area contributed by atoms with E-state index in [1.807, 2.05) is 25.4 Å². The molecule has 4 rings (SSSR count). The summed E-state index contributed by atoms with van der Waals surface area (Å²) >= 11 is 5.86. The number of aromatic nitrogens is 4. The number of H-pyrrole nitrogens is 1. The summed E-state index contributed by atoms with van der Waals surface area (Å²) in [7, 11) is 1.84. The monoisotopic (exact) mass is 399 g/mol. The number of piperidine rings is 1. The van der Waals surface area contributed by atoms with Gasteiger partial charge in [0.15, 0.2) is 0 Å². The summed E-state index contributed by atoms with van der Waals surface area (Å²) in [6.07, 6.45) is 6.38. The van der Waals surface area contributed by atoms with E-state index in [0.717, 1.165) is 35.6 Å². The normalized spacial score (nSPS) is 16.3. The van der Waals surface area contributed by atoms with Gasteiger partial charge in [-0.1, -0.05) is 11.6 Å². The number of fused-ring (bicyclic) bond motifs is 1. The number of likely N-dealkylation sites (N-methyl/N-ethyl adjacent to an activating group) is 1. The molecule has 1 amide bonds. The van der Waals surface area contributed by atoms with Crippen molar-refractivity contribution < 1.29 is 4.79 Å². The number of halogens is 1.